The zero-order valence-electron chi connectivity index (χ0n) is 13.2. The molecule has 0 radical (unpaired) electrons. The third-order valence-electron chi connectivity index (χ3n) is 4.32. The van der Waals surface area contributed by atoms with Gasteiger partial charge in [-0.2, -0.15) is 0 Å². The van der Waals surface area contributed by atoms with Crippen molar-refractivity contribution in [2.24, 2.45) is 0 Å². The molecule has 1 atom stereocenters. The zero-order chi connectivity index (χ0) is 16.4. The second-order valence-corrected chi connectivity index (χ2v) is 6.03. The standard InChI is InChI=1S/C19H19N3O2/c23-19(24-12-13-5-2-1-3-6-13)21-11-15-9-14-10-20-16-7-4-8-17(22-15)18(14)16/h1-8,10,15,20,22H,9,11-12H2,(H,21,23). The lowest BCUT2D eigenvalue weighted by atomic mass is 9.99. The Labute approximate surface area is 140 Å². The fourth-order valence-electron chi connectivity index (χ4n) is 3.18. The van der Waals surface area contributed by atoms with Crippen LogP contribution in [-0.2, 0) is 17.8 Å². The summed E-state index contributed by atoms with van der Waals surface area (Å²) in [5.74, 6) is 0. The van der Waals surface area contributed by atoms with Gasteiger partial charge >= 0.3 is 6.09 Å². The summed E-state index contributed by atoms with van der Waals surface area (Å²) in [5, 5.41) is 7.58. The molecular formula is C19H19N3O2. The molecule has 4 rings (SSSR count). The number of aromatic nitrogens is 1. The first kappa shape index (κ1) is 14.6. The van der Waals surface area contributed by atoms with Crippen molar-refractivity contribution in [1.82, 2.24) is 10.3 Å². The number of anilines is 1. The van der Waals surface area contributed by atoms with Crippen molar-refractivity contribution in [3.63, 3.8) is 0 Å². The molecule has 3 N–H and O–H groups in total. The van der Waals surface area contributed by atoms with E-state index < -0.39 is 6.09 Å². The molecule has 122 valence electrons. The van der Waals surface area contributed by atoms with Crippen molar-refractivity contribution in [3.05, 3.63) is 65.9 Å². The second-order valence-electron chi connectivity index (χ2n) is 6.03. The van der Waals surface area contributed by atoms with Gasteiger partial charge < -0.3 is 20.4 Å². The number of H-pyrrole nitrogens is 1. The predicted octanol–water partition coefficient (Wildman–Crippen LogP) is 3.43. The Morgan fingerprint density at radius 3 is 2.92 bits per heavy atom. The highest BCUT2D eigenvalue weighted by molar-refractivity contribution is 5.96. The molecule has 0 aliphatic carbocycles. The maximum atomic E-state index is 11.9. The number of hydrogen-bond donors (Lipinski definition) is 3. The first-order chi connectivity index (χ1) is 11.8. The fourth-order valence-corrected chi connectivity index (χ4v) is 3.18. The average molecular weight is 321 g/mol. The molecule has 3 aromatic rings. The Hall–Kier alpha value is -2.95. The molecule has 1 aromatic heterocycles. The molecule has 0 saturated heterocycles. The number of carbonyl (C=O) groups is 1. The van der Waals surface area contributed by atoms with Crippen LogP contribution in [0.25, 0.3) is 10.9 Å². The van der Waals surface area contributed by atoms with Crippen LogP contribution in [0.4, 0.5) is 10.5 Å². The van der Waals surface area contributed by atoms with Crippen LogP contribution in [0.15, 0.2) is 54.7 Å². The topological polar surface area (TPSA) is 66.2 Å². The van der Waals surface area contributed by atoms with Gasteiger partial charge in [0.05, 0.1) is 0 Å². The largest absolute Gasteiger partial charge is 0.445 e. The minimum Gasteiger partial charge on any atom is -0.445 e. The Bertz CT molecular complexity index is 857. The van der Waals surface area contributed by atoms with Crippen LogP contribution in [0.5, 0.6) is 0 Å². The smallest absolute Gasteiger partial charge is 0.407 e. The van der Waals surface area contributed by atoms with Gasteiger partial charge in [-0.05, 0) is 29.7 Å². The van der Waals surface area contributed by atoms with E-state index in [1.54, 1.807) is 0 Å². The van der Waals surface area contributed by atoms with Crippen LogP contribution in [0.3, 0.4) is 0 Å². The molecule has 0 spiro atoms. The van der Waals surface area contributed by atoms with Crippen molar-refractivity contribution in [2.75, 3.05) is 11.9 Å². The van der Waals surface area contributed by atoms with E-state index >= 15 is 0 Å². The lowest BCUT2D eigenvalue weighted by Crippen LogP contribution is -2.39. The molecule has 1 unspecified atom stereocenters. The number of aromatic amines is 1. The molecule has 2 heterocycles. The molecule has 2 aromatic carbocycles. The predicted molar refractivity (Wildman–Crippen MR) is 94.0 cm³/mol. The van der Waals surface area contributed by atoms with E-state index in [1.807, 2.05) is 36.4 Å². The zero-order valence-corrected chi connectivity index (χ0v) is 13.2. The van der Waals surface area contributed by atoms with Crippen molar-refractivity contribution < 1.29 is 9.53 Å². The van der Waals surface area contributed by atoms with Gasteiger partial charge in [-0.25, -0.2) is 4.79 Å². The molecule has 1 amide bonds. The van der Waals surface area contributed by atoms with Crippen LogP contribution in [0, 0.1) is 0 Å². The van der Waals surface area contributed by atoms with Crippen LogP contribution < -0.4 is 10.6 Å². The highest BCUT2D eigenvalue weighted by Crippen LogP contribution is 2.31. The summed E-state index contributed by atoms with van der Waals surface area (Å²) in [7, 11) is 0. The Kier molecular flexibility index (Phi) is 3.83. The number of benzene rings is 2. The normalized spacial score (nSPS) is 15.8. The van der Waals surface area contributed by atoms with Gasteiger partial charge in [0, 0.05) is 35.4 Å². The van der Waals surface area contributed by atoms with E-state index in [9.17, 15) is 4.79 Å². The lowest BCUT2D eigenvalue weighted by molar-refractivity contribution is 0.139. The van der Waals surface area contributed by atoms with Gasteiger partial charge in [-0.1, -0.05) is 36.4 Å². The Balaban J connectivity index is 1.31. The maximum absolute atomic E-state index is 11.9. The number of ether oxygens (including phenoxy) is 1. The first-order valence-electron chi connectivity index (χ1n) is 8.09. The van der Waals surface area contributed by atoms with Gasteiger partial charge in [-0.3, -0.25) is 0 Å². The molecule has 24 heavy (non-hydrogen) atoms. The summed E-state index contributed by atoms with van der Waals surface area (Å²) in [6, 6.07) is 16.0. The Morgan fingerprint density at radius 1 is 1.17 bits per heavy atom. The van der Waals surface area contributed by atoms with Gasteiger partial charge in [0.2, 0.25) is 0 Å². The lowest BCUT2D eigenvalue weighted by Gasteiger charge is -2.25. The second kappa shape index (κ2) is 6.28. The highest BCUT2D eigenvalue weighted by Gasteiger charge is 2.21. The van der Waals surface area contributed by atoms with Crippen LogP contribution in [0.2, 0.25) is 0 Å². The van der Waals surface area contributed by atoms with Crippen molar-refractivity contribution in [3.8, 4) is 0 Å². The number of alkyl carbamates (subject to hydrolysis) is 1. The van der Waals surface area contributed by atoms with E-state index in [1.165, 1.54) is 10.9 Å². The quantitative estimate of drug-likeness (QED) is 0.690. The van der Waals surface area contributed by atoms with E-state index in [0.717, 1.165) is 23.2 Å². The van der Waals surface area contributed by atoms with Crippen molar-refractivity contribution in [1.29, 1.82) is 0 Å². The molecule has 5 nitrogen and oxygen atoms in total. The average Bonchev–Trinajstić information content (AvgIpc) is 3.04. The van der Waals surface area contributed by atoms with Gasteiger partial charge in [0.1, 0.15) is 6.61 Å². The molecule has 0 saturated carbocycles. The molecular weight excluding hydrogens is 302 g/mol. The minimum atomic E-state index is -0.390. The number of hydrogen-bond acceptors (Lipinski definition) is 3. The van der Waals surface area contributed by atoms with Crippen LogP contribution in [-0.4, -0.2) is 23.7 Å². The molecule has 0 bridgehead atoms. The highest BCUT2D eigenvalue weighted by atomic mass is 16.5. The van der Waals surface area contributed by atoms with E-state index in [2.05, 4.69) is 33.9 Å². The van der Waals surface area contributed by atoms with E-state index in [4.69, 9.17) is 4.74 Å². The van der Waals surface area contributed by atoms with Crippen LogP contribution >= 0.6 is 0 Å². The molecule has 5 heteroatoms. The third kappa shape index (κ3) is 2.93. The monoisotopic (exact) mass is 321 g/mol. The summed E-state index contributed by atoms with van der Waals surface area (Å²) in [5.41, 5.74) is 4.51. The van der Waals surface area contributed by atoms with Crippen LogP contribution in [0.1, 0.15) is 11.1 Å². The number of rotatable bonds is 4. The van der Waals surface area contributed by atoms with Gasteiger partial charge in [-0.15, -0.1) is 0 Å². The molecule has 1 aliphatic rings. The van der Waals surface area contributed by atoms with Crippen molar-refractivity contribution >= 4 is 22.7 Å². The van der Waals surface area contributed by atoms with E-state index in [0.29, 0.717) is 6.54 Å². The summed E-state index contributed by atoms with van der Waals surface area (Å²) in [6.45, 7) is 0.806. The summed E-state index contributed by atoms with van der Waals surface area (Å²) < 4.78 is 5.25. The fraction of sp³-hybridized carbons (Fsp3) is 0.211. The van der Waals surface area contributed by atoms with E-state index in [-0.39, 0.29) is 12.6 Å². The SMILES string of the molecule is O=C(NCC1Cc2c[nH]c3cccc(c23)N1)OCc1ccccc1. The third-order valence-corrected chi connectivity index (χ3v) is 4.32. The summed E-state index contributed by atoms with van der Waals surface area (Å²) in [4.78, 5) is 15.2. The summed E-state index contributed by atoms with van der Waals surface area (Å²) in [6.07, 6.45) is 2.53. The number of amides is 1. The molecule has 0 fully saturated rings. The Morgan fingerprint density at radius 2 is 2.04 bits per heavy atom. The number of carbonyl (C=O) groups excluding carboxylic acids is 1. The van der Waals surface area contributed by atoms with Gasteiger partial charge in [0.25, 0.3) is 0 Å². The number of nitrogens with one attached hydrogen (secondary N) is 3. The first-order valence-corrected chi connectivity index (χ1v) is 8.09. The van der Waals surface area contributed by atoms with Gasteiger partial charge in [0.15, 0.2) is 0 Å². The molecule has 1 aliphatic heterocycles. The van der Waals surface area contributed by atoms with Crippen molar-refractivity contribution in [2.45, 2.75) is 19.1 Å². The maximum Gasteiger partial charge on any atom is 0.407 e. The summed E-state index contributed by atoms with van der Waals surface area (Å²) >= 11 is 0. The minimum absolute atomic E-state index is 0.156.